The number of hydrogen-bond donors (Lipinski definition) is 3. The number of carboxylic acid groups (broad SMARTS) is 1. The van der Waals surface area contributed by atoms with Gasteiger partial charge in [0.2, 0.25) is 5.91 Å². The van der Waals surface area contributed by atoms with E-state index in [0.717, 1.165) is 22.4 Å². The third-order valence-electron chi connectivity index (χ3n) is 5.00. The van der Waals surface area contributed by atoms with Crippen LogP contribution in [0.15, 0.2) is 84.9 Å². The lowest BCUT2D eigenvalue weighted by Gasteiger charge is -2.25. The van der Waals surface area contributed by atoms with Gasteiger partial charge in [0.25, 0.3) is 0 Å². The molecule has 0 aliphatic heterocycles. The number of nitrogens with one attached hydrogen (secondary N) is 2. The molecule has 154 valence electrons. The topological polar surface area (TPSA) is 78.4 Å². The molecule has 0 spiro atoms. The zero-order valence-electron chi connectivity index (χ0n) is 16.9. The summed E-state index contributed by atoms with van der Waals surface area (Å²) in [5.41, 5.74) is 4.14. The second kappa shape index (κ2) is 10.3. The molecule has 0 radical (unpaired) electrons. The number of benzene rings is 3. The van der Waals surface area contributed by atoms with Gasteiger partial charge in [0, 0.05) is 11.6 Å². The Morgan fingerprint density at radius 3 is 1.87 bits per heavy atom. The van der Waals surface area contributed by atoms with Crippen molar-refractivity contribution < 1.29 is 14.7 Å². The van der Waals surface area contributed by atoms with E-state index in [-0.39, 0.29) is 11.8 Å². The van der Waals surface area contributed by atoms with Crippen molar-refractivity contribution in [1.82, 2.24) is 5.32 Å². The highest BCUT2D eigenvalue weighted by Crippen LogP contribution is 2.30. The third-order valence-corrected chi connectivity index (χ3v) is 5.00. The Balaban J connectivity index is 1.90. The second-order valence-corrected chi connectivity index (χ2v) is 7.28. The molecule has 30 heavy (non-hydrogen) atoms. The predicted octanol–water partition coefficient (Wildman–Crippen LogP) is 4.20. The molecule has 1 atom stereocenters. The van der Waals surface area contributed by atoms with E-state index in [1.165, 1.54) is 0 Å². The fourth-order valence-corrected chi connectivity index (χ4v) is 3.44. The number of rotatable bonds is 9. The zero-order valence-corrected chi connectivity index (χ0v) is 16.9. The molecular weight excluding hydrogens is 376 g/mol. The molecule has 0 heterocycles. The molecule has 3 rings (SSSR count). The average molecular weight is 402 g/mol. The van der Waals surface area contributed by atoms with Crippen molar-refractivity contribution in [2.24, 2.45) is 0 Å². The standard InChI is InChI=1S/C25H26N2O3/c1-18-12-14-21(15-13-18)27-23(25(30)26-17-24(28)29)16-22(19-8-4-2-5-9-19)20-10-6-3-7-11-20/h2-15,22-23,27H,16-17H2,1H3,(H,26,30)(H,28,29). The maximum absolute atomic E-state index is 12.9. The summed E-state index contributed by atoms with van der Waals surface area (Å²) in [5, 5.41) is 14.8. The zero-order chi connectivity index (χ0) is 21.3. The van der Waals surface area contributed by atoms with Crippen molar-refractivity contribution in [1.29, 1.82) is 0 Å². The fourth-order valence-electron chi connectivity index (χ4n) is 3.44. The first-order valence-electron chi connectivity index (χ1n) is 9.95. The number of anilines is 1. The Morgan fingerprint density at radius 2 is 1.37 bits per heavy atom. The molecule has 1 amide bonds. The molecule has 0 saturated carbocycles. The first-order valence-corrected chi connectivity index (χ1v) is 9.95. The number of carboxylic acids is 1. The minimum absolute atomic E-state index is 0.0223. The lowest BCUT2D eigenvalue weighted by Crippen LogP contribution is -2.42. The number of carbonyl (C=O) groups excluding carboxylic acids is 1. The van der Waals surface area contributed by atoms with Gasteiger partial charge < -0.3 is 15.7 Å². The van der Waals surface area contributed by atoms with Gasteiger partial charge in [-0.25, -0.2) is 0 Å². The highest BCUT2D eigenvalue weighted by molar-refractivity contribution is 5.87. The smallest absolute Gasteiger partial charge is 0.322 e. The van der Waals surface area contributed by atoms with Crippen LogP contribution in [0, 0.1) is 6.92 Å². The summed E-state index contributed by atoms with van der Waals surface area (Å²) in [7, 11) is 0. The molecule has 3 N–H and O–H groups in total. The van der Waals surface area contributed by atoms with Crippen molar-refractivity contribution in [3.05, 3.63) is 102 Å². The maximum atomic E-state index is 12.9. The van der Waals surface area contributed by atoms with Crippen LogP contribution in [0.2, 0.25) is 0 Å². The first-order chi connectivity index (χ1) is 14.5. The van der Waals surface area contributed by atoms with Gasteiger partial charge in [-0.3, -0.25) is 9.59 Å². The van der Waals surface area contributed by atoms with Crippen LogP contribution >= 0.6 is 0 Å². The SMILES string of the molecule is Cc1ccc(NC(CC(c2ccccc2)c2ccccc2)C(=O)NCC(=O)O)cc1. The molecule has 0 aliphatic rings. The first kappa shape index (κ1) is 21.1. The van der Waals surface area contributed by atoms with E-state index in [4.69, 9.17) is 5.11 Å². The minimum Gasteiger partial charge on any atom is -0.480 e. The van der Waals surface area contributed by atoms with Crippen molar-refractivity contribution in [3.8, 4) is 0 Å². The molecule has 3 aromatic carbocycles. The van der Waals surface area contributed by atoms with Crippen molar-refractivity contribution in [3.63, 3.8) is 0 Å². The van der Waals surface area contributed by atoms with Crippen molar-refractivity contribution in [2.75, 3.05) is 11.9 Å². The quantitative estimate of drug-likeness (QED) is 0.501. The molecule has 3 aromatic rings. The van der Waals surface area contributed by atoms with E-state index >= 15 is 0 Å². The van der Waals surface area contributed by atoms with Crippen molar-refractivity contribution >= 4 is 17.6 Å². The monoisotopic (exact) mass is 402 g/mol. The predicted molar refractivity (Wildman–Crippen MR) is 119 cm³/mol. The Morgan fingerprint density at radius 1 is 0.833 bits per heavy atom. The van der Waals surface area contributed by atoms with Crippen LogP contribution in [0.1, 0.15) is 29.0 Å². The molecule has 5 heteroatoms. The molecule has 0 fully saturated rings. The normalized spacial score (nSPS) is 11.7. The van der Waals surface area contributed by atoms with Crippen molar-refractivity contribution in [2.45, 2.75) is 25.3 Å². The maximum Gasteiger partial charge on any atom is 0.322 e. The summed E-state index contributed by atoms with van der Waals surface area (Å²) in [5.74, 6) is -1.43. The van der Waals surface area contributed by atoms with Crippen LogP contribution in [0.5, 0.6) is 0 Å². The summed E-state index contributed by atoms with van der Waals surface area (Å²) < 4.78 is 0. The van der Waals surface area contributed by atoms with Gasteiger partial charge in [-0.05, 0) is 36.6 Å². The van der Waals surface area contributed by atoms with Crippen LogP contribution in [0.25, 0.3) is 0 Å². The highest BCUT2D eigenvalue weighted by atomic mass is 16.4. The Hall–Kier alpha value is -3.60. The summed E-state index contributed by atoms with van der Waals surface area (Å²) in [4.78, 5) is 23.8. The van der Waals surface area contributed by atoms with Crippen LogP contribution < -0.4 is 10.6 Å². The molecule has 0 saturated heterocycles. The van der Waals surface area contributed by atoms with E-state index < -0.39 is 18.6 Å². The van der Waals surface area contributed by atoms with Gasteiger partial charge in [-0.15, -0.1) is 0 Å². The molecular formula is C25H26N2O3. The highest BCUT2D eigenvalue weighted by Gasteiger charge is 2.25. The number of amides is 1. The molecule has 5 nitrogen and oxygen atoms in total. The molecule has 0 aromatic heterocycles. The van der Waals surface area contributed by atoms with Crippen LogP contribution in [0.4, 0.5) is 5.69 Å². The van der Waals surface area contributed by atoms with E-state index in [9.17, 15) is 9.59 Å². The van der Waals surface area contributed by atoms with Crippen LogP contribution in [0.3, 0.4) is 0 Å². The summed E-state index contributed by atoms with van der Waals surface area (Å²) in [6, 6.07) is 27.3. The van der Waals surface area contributed by atoms with Gasteiger partial charge in [-0.2, -0.15) is 0 Å². The van der Waals surface area contributed by atoms with Gasteiger partial charge >= 0.3 is 5.97 Å². The number of aliphatic carboxylic acids is 1. The van der Waals surface area contributed by atoms with E-state index in [1.807, 2.05) is 67.6 Å². The summed E-state index contributed by atoms with van der Waals surface area (Å²) >= 11 is 0. The summed E-state index contributed by atoms with van der Waals surface area (Å²) in [6.45, 7) is 1.59. The van der Waals surface area contributed by atoms with Gasteiger partial charge in [0.05, 0.1) is 0 Å². The molecule has 0 aliphatic carbocycles. The van der Waals surface area contributed by atoms with Gasteiger partial charge in [-0.1, -0.05) is 78.4 Å². The Kier molecular flexibility index (Phi) is 7.22. The number of hydrogen-bond acceptors (Lipinski definition) is 3. The lowest BCUT2D eigenvalue weighted by atomic mass is 9.85. The number of carbonyl (C=O) groups is 2. The second-order valence-electron chi connectivity index (χ2n) is 7.28. The number of aryl methyl sites for hydroxylation is 1. The van der Waals surface area contributed by atoms with E-state index in [2.05, 4.69) is 34.9 Å². The van der Waals surface area contributed by atoms with Gasteiger partial charge in [0.15, 0.2) is 0 Å². The lowest BCUT2D eigenvalue weighted by molar-refractivity contribution is -0.138. The van der Waals surface area contributed by atoms with Gasteiger partial charge in [0.1, 0.15) is 12.6 Å². The van der Waals surface area contributed by atoms with Crippen LogP contribution in [-0.2, 0) is 9.59 Å². The largest absolute Gasteiger partial charge is 0.480 e. The molecule has 0 bridgehead atoms. The van der Waals surface area contributed by atoms with E-state index in [1.54, 1.807) is 0 Å². The fraction of sp³-hybridized carbons (Fsp3) is 0.200. The third kappa shape index (κ3) is 5.95. The Bertz CT molecular complexity index is 917. The average Bonchev–Trinajstić information content (AvgIpc) is 2.77. The minimum atomic E-state index is -1.07. The van der Waals surface area contributed by atoms with E-state index in [0.29, 0.717) is 6.42 Å². The molecule has 1 unspecified atom stereocenters. The Labute approximate surface area is 176 Å². The van der Waals surface area contributed by atoms with Crippen LogP contribution in [-0.4, -0.2) is 29.6 Å². The summed E-state index contributed by atoms with van der Waals surface area (Å²) in [6.07, 6.45) is 0.480.